The van der Waals surface area contributed by atoms with Crippen molar-refractivity contribution < 1.29 is 0 Å². The van der Waals surface area contributed by atoms with Crippen molar-refractivity contribution in [3.05, 3.63) is 35.9 Å². The molecule has 84 valence electrons. The van der Waals surface area contributed by atoms with Crippen LogP contribution in [0.4, 0.5) is 0 Å². The first-order valence-electron chi connectivity index (χ1n) is 5.32. The highest BCUT2D eigenvalue weighted by Crippen LogP contribution is 2.32. The first-order valence-corrected chi connectivity index (χ1v) is 7.02. The molecule has 0 aliphatic rings. The highest BCUT2D eigenvalue weighted by molar-refractivity contribution is 8.01. The molecule has 0 bridgehead atoms. The maximum Gasteiger partial charge on any atom is 0.151 e. The second-order valence-electron chi connectivity index (χ2n) is 4.01. The van der Waals surface area contributed by atoms with E-state index >= 15 is 0 Å². The highest BCUT2D eigenvalue weighted by Gasteiger charge is 2.06. The van der Waals surface area contributed by atoms with Gasteiger partial charge in [0.25, 0.3) is 0 Å². The van der Waals surface area contributed by atoms with Crippen LogP contribution in [0.2, 0.25) is 0 Å². The lowest BCUT2D eigenvalue weighted by atomic mass is 10.3. The SMILES string of the molecule is CC(C)=CC(C)Sc1nc2ccccc2s1. The molecule has 3 heteroatoms. The van der Waals surface area contributed by atoms with Gasteiger partial charge in [-0.05, 0) is 32.9 Å². The fourth-order valence-corrected chi connectivity index (χ4v) is 3.99. The predicted octanol–water partition coefficient (Wildman–Crippen LogP) is 4.74. The molecule has 1 unspecified atom stereocenters. The van der Waals surface area contributed by atoms with Crippen LogP contribution in [0.5, 0.6) is 0 Å². The monoisotopic (exact) mass is 249 g/mol. The zero-order valence-electron chi connectivity index (χ0n) is 9.73. The highest BCUT2D eigenvalue weighted by atomic mass is 32.2. The van der Waals surface area contributed by atoms with Crippen LogP contribution in [-0.4, -0.2) is 10.2 Å². The lowest BCUT2D eigenvalue weighted by Gasteiger charge is -2.02. The van der Waals surface area contributed by atoms with Crippen LogP contribution in [0.3, 0.4) is 0 Å². The maximum atomic E-state index is 4.61. The number of benzene rings is 1. The summed E-state index contributed by atoms with van der Waals surface area (Å²) in [5, 5.41) is 0.491. The molecule has 1 atom stereocenters. The van der Waals surface area contributed by atoms with Gasteiger partial charge in [-0.15, -0.1) is 11.3 Å². The first kappa shape index (κ1) is 11.7. The number of para-hydroxylation sites is 1. The molecule has 0 amide bonds. The Morgan fingerprint density at radius 3 is 2.81 bits per heavy atom. The molecule has 0 aliphatic heterocycles. The lowest BCUT2D eigenvalue weighted by molar-refractivity contribution is 1.18. The number of fused-ring (bicyclic) bond motifs is 1. The van der Waals surface area contributed by atoms with E-state index in [0.29, 0.717) is 5.25 Å². The summed E-state index contributed by atoms with van der Waals surface area (Å²) in [6, 6.07) is 8.30. The van der Waals surface area contributed by atoms with Crippen LogP contribution in [0.15, 0.2) is 40.3 Å². The van der Waals surface area contributed by atoms with Crippen LogP contribution in [0.1, 0.15) is 20.8 Å². The molecule has 1 nitrogen and oxygen atoms in total. The molecule has 0 radical (unpaired) electrons. The molecule has 0 aliphatic carbocycles. The van der Waals surface area contributed by atoms with Crippen molar-refractivity contribution in [3.8, 4) is 0 Å². The van der Waals surface area contributed by atoms with Gasteiger partial charge in [0.1, 0.15) is 0 Å². The average molecular weight is 249 g/mol. The fourth-order valence-electron chi connectivity index (χ4n) is 1.56. The molecule has 0 spiro atoms. The quantitative estimate of drug-likeness (QED) is 0.575. The smallest absolute Gasteiger partial charge is 0.151 e. The van der Waals surface area contributed by atoms with E-state index in [1.165, 1.54) is 10.3 Å². The van der Waals surface area contributed by atoms with Crippen LogP contribution >= 0.6 is 23.1 Å². The Morgan fingerprint density at radius 2 is 2.12 bits per heavy atom. The van der Waals surface area contributed by atoms with Gasteiger partial charge in [-0.3, -0.25) is 0 Å². The van der Waals surface area contributed by atoms with Gasteiger partial charge in [0.15, 0.2) is 4.34 Å². The van der Waals surface area contributed by atoms with Gasteiger partial charge >= 0.3 is 0 Å². The Balaban J connectivity index is 2.18. The largest absolute Gasteiger partial charge is 0.230 e. The molecule has 1 heterocycles. The molecule has 1 aromatic heterocycles. The standard InChI is InChI=1S/C13H15NS2/c1-9(2)8-10(3)15-13-14-11-6-4-5-7-12(11)16-13/h4-8,10H,1-3H3. The third kappa shape index (κ3) is 2.86. The molecule has 1 aromatic carbocycles. The number of hydrogen-bond acceptors (Lipinski definition) is 3. The van der Waals surface area contributed by atoms with Crippen molar-refractivity contribution in [1.29, 1.82) is 0 Å². The molecule has 0 N–H and O–H groups in total. The fraction of sp³-hybridized carbons (Fsp3) is 0.308. The molecule has 0 saturated carbocycles. The van der Waals surface area contributed by atoms with Gasteiger partial charge < -0.3 is 0 Å². The minimum Gasteiger partial charge on any atom is -0.230 e. The van der Waals surface area contributed by atoms with E-state index in [1.54, 1.807) is 11.3 Å². The van der Waals surface area contributed by atoms with E-state index in [1.807, 2.05) is 17.8 Å². The van der Waals surface area contributed by atoms with Crippen LogP contribution in [-0.2, 0) is 0 Å². The molecule has 2 rings (SSSR count). The topological polar surface area (TPSA) is 12.9 Å². The summed E-state index contributed by atoms with van der Waals surface area (Å²) in [7, 11) is 0. The van der Waals surface area contributed by atoms with Crippen LogP contribution in [0.25, 0.3) is 10.2 Å². The Bertz CT molecular complexity index is 476. The maximum absolute atomic E-state index is 4.61. The molecule has 0 fully saturated rings. The minimum atomic E-state index is 0.491. The van der Waals surface area contributed by atoms with Gasteiger partial charge in [0.05, 0.1) is 10.2 Å². The van der Waals surface area contributed by atoms with E-state index in [2.05, 4.69) is 50.0 Å². The lowest BCUT2D eigenvalue weighted by Crippen LogP contribution is -1.90. The minimum absolute atomic E-state index is 0.491. The van der Waals surface area contributed by atoms with E-state index < -0.39 is 0 Å². The van der Waals surface area contributed by atoms with E-state index in [0.717, 1.165) is 9.86 Å². The third-order valence-electron chi connectivity index (χ3n) is 2.13. The summed E-state index contributed by atoms with van der Waals surface area (Å²) in [6.45, 7) is 6.48. The summed E-state index contributed by atoms with van der Waals surface area (Å²) in [4.78, 5) is 4.61. The number of allylic oxidation sites excluding steroid dienone is 1. The van der Waals surface area contributed by atoms with Crippen molar-refractivity contribution in [2.75, 3.05) is 0 Å². The summed E-state index contributed by atoms with van der Waals surface area (Å²) in [6.07, 6.45) is 2.27. The zero-order valence-corrected chi connectivity index (χ0v) is 11.4. The Kier molecular flexibility index (Phi) is 3.66. The number of hydrogen-bond donors (Lipinski definition) is 0. The molecular weight excluding hydrogens is 234 g/mol. The Hall–Kier alpha value is -0.800. The van der Waals surface area contributed by atoms with Gasteiger partial charge in [0.2, 0.25) is 0 Å². The summed E-state index contributed by atoms with van der Waals surface area (Å²) >= 11 is 3.60. The average Bonchev–Trinajstić information content (AvgIpc) is 2.57. The Morgan fingerprint density at radius 1 is 1.38 bits per heavy atom. The van der Waals surface area contributed by atoms with Crippen molar-refractivity contribution in [1.82, 2.24) is 4.98 Å². The van der Waals surface area contributed by atoms with Gasteiger partial charge in [-0.25, -0.2) is 4.98 Å². The number of aromatic nitrogens is 1. The molecular formula is C13H15NS2. The third-order valence-corrected chi connectivity index (χ3v) is 4.30. The van der Waals surface area contributed by atoms with E-state index in [-0.39, 0.29) is 0 Å². The molecule has 2 aromatic rings. The zero-order chi connectivity index (χ0) is 11.5. The van der Waals surface area contributed by atoms with Gasteiger partial charge in [-0.1, -0.05) is 35.5 Å². The summed E-state index contributed by atoms with van der Waals surface area (Å²) in [5.74, 6) is 0. The van der Waals surface area contributed by atoms with Crippen molar-refractivity contribution >= 4 is 33.3 Å². The van der Waals surface area contributed by atoms with E-state index in [4.69, 9.17) is 0 Å². The van der Waals surface area contributed by atoms with Crippen LogP contribution < -0.4 is 0 Å². The second kappa shape index (κ2) is 5.02. The van der Waals surface area contributed by atoms with Gasteiger partial charge in [-0.2, -0.15) is 0 Å². The van der Waals surface area contributed by atoms with Crippen molar-refractivity contribution in [3.63, 3.8) is 0 Å². The number of thioether (sulfide) groups is 1. The first-order chi connectivity index (χ1) is 7.65. The Labute approximate surface area is 105 Å². The molecule has 0 saturated heterocycles. The van der Waals surface area contributed by atoms with E-state index in [9.17, 15) is 0 Å². The number of thiazole rings is 1. The summed E-state index contributed by atoms with van der Waals surface area (Å²) < 4.78 is 2.43. The van der Waals surface area contributed by atoms with Gasteiger partial charge in [0, 0.05) is 5.25 Å². The number of nitrogens with zero attached hydrogens (tertiary/aromatic N) is 1. The normalized spacial score (nSPS) is 12.7. The number of rotatable bonds is 3. The van der Waals surface area contributed by atoms with Crippen molar-refractivity contribution in [2.24, 2.45) is 0 Å². The predicted molar refractivity (Wildman–Crippen MR) is 74.4 cm³/mol. The second-order valence-corrected chi connectivity index (χ2v) is 6.67. The summed E-state index contributed by atoms with van der Waals surface area (Å²) in [5.41, 5.74) is 2.47. The molecule has 16 heavy (non-hydrogen) atoms. The van der Waals surface area contributed by atoms with Crippen molar-refractivity contribution in [2.45, 2.75) is 30.4 Å². The van der Waals surface area contributed by atoms with Crippen LogP contribution in [0, 0.1) is 0 Å².